The number of nitrogens with two attached hydrogens (primary N) is 1. The van der Waals surface area contributed by atoms with E-state index >= 15 is 0 Å². The molecule has 0 saturated carbocycles. The summed E-state index contributed by atoms with van der Waals surface area (Å²) < 4.78 is 0. The zero-order chi connectivity index (χ0) is 15.8. The molecular weight excluding hydrogens is 319 g/mol. The molecule has 0 saturated heterocycles. The van der Waals surface area contributed by atoms with Crippen molar-refractivity contribution in [2.24, 2.45) is 10.2 Å². The molecule has 6 heteroatoms. The van der Waals surface area contributed by atoms with Crippen molar-refractivity contribution in [2.45, 2.75) is 0 Å². The standard InChI is InChI=1S/C16H18Cl2N4/c17-9-11-22(12-10-18)16-7-5-15(6-8-16)21-20-14-3-1-13(19)2-4-14/h1-8H,9-12,19H2. The highest BCUT2D eigenvalue weighted by Gasteiger charge is 2.04. The number of benzene rings is 2. The molecule has 2 rings (SSSR count). The summed E-state index contributed by atoms with van der Waals surface area (Å²) in [4.78, 5) is 2.14. The maximum absolute atomic E-state index is 5.81. The van der Waals surface area contributed by atoms with Gasteiger partial charge in [-0.25, -0.2) is 0 Å². The predicted octanol–water partition coefficient (Wildman–Crippen LogP) is 4.97. The normalized spacial score (nSPS) is 11.0. The highest BCUT2D eigenvalue weighted by atomic mass is 35.5. The van der Waals surface area contributed by atoms with E-state index in [0.29, 0.717) is 17.4 Å². The predicted molar refractivity (Wildman–Crippen MR) is 95.1 cm³/mol. The van der Waals surface area contributed by atoms with Crippen molar-refractivity contribution in [3.8, 4) is 0 Å². The molecule has 0 spiro atoms. The Balaban J connectivity index is 2.06. The van der Waals surface area contributed by atoms with Gasteiger partial charge in [0.2, 0.25) is 0 Å². The monoisotopic (exact) mass is 336 g/mol. The molecule has 0 atom stereocenters. The van der Waals surface area contributed by atoms with Crippen LogP contribution in [0.4, 0.5) is 22.7 Å². The van der Waals surface area contributed by atoms with Crippen molar-refractivity contribution >= 4 is 46.0 Å². The Morgan fingerprint density at radius 1 is 0.773 bits per heavy atom. The average Bonchev–Trinajstić information content (AvgIpc) is 2.55. The SMILES string of the molecule is Nc1ccc(N=Nc2ccc(N(CCCl)CCCl)cc2)cc1. The second kappa shape index (κ2) is 8.61. The third kappa shape index (κ3) is 4.90. The van der Waals surface area contributed by atoms with Gasteiger partial charge in [0.05, 0.1) is 11.4 Å². The van der Waals surface area contributed by atoms with E-state index in [4.69, 9.17) is 28.9 Å². The molecule has 0 heterocycles. The van der Waals surface area contributed by atoms with Gasteiger partial charge in [0.1, 0.15) is 0 Å². The molecule has 0 bridgehead atoms. The number of nitrogen functional groups attached to an aromatic ring is 1. The van der Waals surface area contributed by atoms with E-state index in [-0.39, 0.29) is 0 Å². The lowest BCUT2D eigenvalue weighted by molar-refractivity contribution is 0.874. The molecule has 4 nitrogen and oxygen atoms in total. The first-order chi connectivity index (χ1) is 10.7. The van der Waals surface area contributed by atoms with E-state index in [9.17, 15) is 0 Å². The number of halogens is 2. The molecule has 0 aliphatic rings. The second-order valence-corrected chi connectivity index (χ2v) is 5.43. The lowest BCUT2D eigenvalue weighted by atomic mass is 10.2. The van der Waals surface area contributed by atoms with Crippen LogP contribution in [-0.4, -0.2) is 24.8 Å². The number of azo groups is 1. The number of hydrogen-bond acceptors (Lipinski definition) is 4. The summed E-state index contributed by atoms with van der Waals surface area (Å²) in [6.45, 7) is 1.53. The number of anilines is 2. The van der Waals surface area contributed by atoms with Crippen LogP contribution < -0.4 is 10.6 Å². The molecule has 2 aromatic rings. The van der Waals surface area contributed by atoms with E-state index in [1.807, 2.05) is 36.4 Å². The van der Waals surface area contributed by atoms with Gasteiger partial charge >= 0.3 is 0 Å². The van der Waals surface area contributed by atoms with E-state index in [2.05, 4.69) is 15.1 Å². The van der Waals surface area contributed by atoms with E-state index in [1.165, 1.54) is 0 Å². The maximum atomic E-state index is 5.81. The van der Waals surface area contributed by atoms with E-state index in [0.717, 1.165) is 30.2 Å². The van der Waals surface area contributed by atoms with Gasteiger partial charge in [0.15, 0.2) is 0 Å². The molecule has 0 fully saturated rings. The van der Waals surface area contributed by atoms with E-state index in [1.54, 1.807) is 12.1 Å². The molecule has 2 aromatic carbocycles. The molecule has 116 valence electrons. The first-order valence-electron chi connectivity index (χ1n) is 6.97. The van der Waals surface area contributed by atoms with Gasteiger partial charge in [-0.15, -0.1) is 23.2 Å². The van der Waals surface area contributed by atoms with Crippen LogP contribution in [0.15, 0.2) is 58.8 Å². The summed E-state index contributed by atoms with van der Waals surface area (Å²) in [5.41, 5.74) is 8.98. The van der Waals surface area contributed by atoms with Gasteiger partial charge in [0.25, 0.3) is 0 Å². The van der Waals surface area contributed by atoms with Crippen LogP contribution in [-0.2, 0) is 0 Å². The fraction of sp³-hybridized carbons (Fsp3) is 0.250. The number of alkyl halides is 2. The van der Waals surface area contributed by atoms with Gasteiger partial charge in [-0.3, -0.25) is 0 Å². The minimum absolute atomic E-state index is 0.565. The first kappa shape index (κ1) is 16.6. The summed E-state index contributed by atoms with van der Waals surface area (Å²) in [7, 11) is 0. The molecule has 22 heavy (non-hydrogen) atoms. The molecule has 0 aromatic heterocycles. The third-order valence-electron chi connectivity index (χ3n) is 3.10. The van der Waals surface area contributed by atoms with Crippen molar-refractivity contribution in [1.82, 2.24) is 0 Å². The lowest BCUT2D eigenvalue weighted by Gasteiger charge is -2.22. The first-order valence-corrected chi connectivity index (χ1v) is 8.04. The summed E-state index contributed by atoms with van der Waals surface area (Å²) in [5.74, 6) is 1.13. The molecule has 0 aliphatic heterocycles. The van der Waals surface area contributed by atoms with Gasteiger partial charge in [0, 0.05) is 36.2 Å². The second-order valence-electron chi connectivity index (χ2n) is 4.67. The van der Waals surface area contributed by atoms with Crippen LogP contribution in [0.5, 0.6) is 0 Å². The highest BCUT2D eigenvalue weighted by molar-refractivity contribution is 6.18. The third-order valence-corrected chi connectivity index (χ3v) is 3.44. The lowest BCUT2D eigenvalue weighted by Crippen LogP contribution is -2.27. The Morgan fingerprint density at radius 3 is 1.68 bits per heavy atom. The number of rotatable bonds is 7. The average molecular weight is 337 g/mol. The van der Waals surface area contributed by atoms with Gasteiger partial charge in [-0.1, -0.05) is 0 Å². The zero-order valence-electron chi connectivity index (χ0n) is 12.1. The molecule has 2 N–H and O–H groups in total. The van der Waals surface area contributed by atoms with Crippen LogP contribution in [0.25, 0.3) is 0 Å². The molecule has 0 radical (unpaired) electrons. The van der Waals surface area contributed by atoms with Crippen molar-refractivity contribution in [3.05, 3.63) is 48.5 Å². The number of hydrogen-bond donors (Lipinski definition) is 1. The van der Waals surface area contributed by atoms with Crippen LogP contribution >= 0.6 is 23.2 Å². The van der Waals surface area contributed by atoms with Crippen LogP contribution in [0.3, 0.4) is 0 Å². The fourth-order valence-electron chi connectivity index (χ4n) is 1.96. The van der Waals surface area contributed by atoms with Crippen molar-refractivity contribution in [2.75, 3.05) is 35.5 Å². The minimum Gasteiger partial charge on any atom is -0.399 e. The molecule has 0 amide bonds. The highest BCUT2D eigenvalue weighted by Crippen LogP contribution is 2.22. The van der Waals surface area contributed by atoms with Gasteiger partial charge in [-0.05, 0) is 48.5 Å². The summed E-state index contributed by atoms with van der Waals surface area (Å²) in [5, 5.41) is 8.39. The summed E-state index contributed by atoms with van der Waals surface area (Å²) in [6.07, 6.45) is 0. The van der Waals surface area contributed by atoms with Crippen LogP contribution in [0.2, 0.25) is 0 Å². The Morgan fingerprint density at radius 2 is 1.23 bits per heavy atom. The van der Waals surface area contributed by atoms with Crippen LogP contribution in [0, 0.1) is 0 Å². The minimum atomic E-state index is 0.565. The topological polar surface area (TPSA) is 54.0 Å². The quantitative estimate of drug-likeness (QED) is 0.441. The summed E-state index contributed by atoms with van der Waals surface area (Å²) >= 11 is 11.6. The molecule has 0 unspecified atom stereocenters. The Kier molecular flexibility index (Phi) is 6.49. The van der Waals surface area contributed by atoms with Crippen LogP contribution in [0.1, 0.15) is 0 Å². The van der Waals surface area contributed by atoms with Gasteiger partial charge < -0.3 is 10.6 Å². The molecular formula is C16H18Cl2N4. The smallest absolute Gasteiger partial charge is 0.0858 e. The molecule has 0 aliphatic carbocycles. The van der Waals surface area contributed by atoms with Crippen molar-refractivity contribution < 1.29 is 0 Å². The Hall–Kier alpha value is -1.78. The van der Waals surface area contributed by atoms with Crippen molar-refractivity contribution in [1.29, 1.82) is 0 Å². The van der Waals surface area contributed by atoms with Crippen molar-refractivity contribution in [3.63, 3.8) is 0 Å². The summed E-state index contributed by atoms with van der Waals surface area (Å²) in [6, 6.07) is 15.1. The largest absolute Gasteiger partial charge is 0.399 e. The Bertz CT molecular complexity index is 591. The fourth-order valence-corrected chi connectivity index (χ4v) is 2.37. The van der Waals surface area contributed by atoms with Gasteiger partial charge in [-0.2, -0.15) is 10.2 Å². The maximum Gasteiger partial charge on any atom is 0.0858 e. The zero-order valence-corrected chi connectivity index (χ0v) is 13.6. The Labute approximate surface area is 140 Å². The van der Waals surface area contributed by atoms with E-state index < -0.39 is 0 Å². The number of nitrogens with zero attached hydrogens (tertiary/aromatic N) is 3.